The Morgan fingerprint density at radius 3 is 2.43 bits per heavy atom. The van der Waals surface area contributed by atoms with Gasteiger partial charge in [-0.25, -0.2) is 14.6 Å². The first-order valence-corrected chi connectivity index (χ1v) is 9.23. The lowest BCUT2D eigenvalue weighted by molar-refractivity contribution is 0.777. The van der Waals surface area contributed by atoms with E-state index in [0.29, 0.717) is 16.7 Å². The molecular formula is C20H20ClN7. The molecule has 4 aromatic rings. The zero-order chi connectivity index (χ0) is 19.8. The van der Waals surface area contributed by atoms with Crippen LogP contribution in [0.25, 0.3) is 17.1 Å². The Hall–Kier alpha value is -3.19. The molecule has 1 N–H and O–H groups in total. The van der Waals surface area contributed by atoms with Crippen molar-refractivity contribution in [3.8, 4) is 17.1 Å². The molecule has 142 valence electrons. The van der Waals surface area contributed by atoms with Gasteiger partial charge >= 0.3 is 0 Å². The van der Waals surface area contributed by atoms with Gasteiger partial charge in [-0.05, 0) is 20.8 Å². The van der Waals surface area contributed by atoms with E-state index < -0.39 is 0 Å². The van der Waals surface area contributed by atoms with Gasteiger partial charge in [-0.15, -0.1) is 0 Å². The van der Waals surface area contributed by atoms with Crippen LogP contribution >= 0.6 is 11.6 Å². The molecule has 0 radical (unpaired) electrons. The third kappa shape index (κ3) is 3.14. The molecule has 3 heterocycles. The van der Waals surface area contributed by atoms with Crippen LogP contribution in [0.15, 0.2) is 42.7 Å². The van der Waals surface area contributed by atoms with Crippen molar-refractivity contribution in [3.05, 3.63) is 64.7 Å². The van der Waals surface area contributed by atoms with Crippen molar-refractivity contribution in [2.24, 2.45) is 7.05 Å². The van der Waals surface area contributed by atoms with Gasteiger partial charge < -0.3 is 5.32 Å². The molecular weight excluding hydrogens is 374 g/mol. The van der Waals surface area contributed by atoms with Crippen LogP contribution < -0.4 is 5.32 Å². The molecule has 0 fully saturated rings. The highest BCUT2D eigenvalue weighted by atomic mass is 35.5. The number of benzene rings is 1. The van der Waals surface area contributed by atoms with Gasteiger partial charge in [0.15, 0.2) is 5.82 Å². The van der Waals surface area contributed by atoms with Crippen LogP contribution in [0.3, 0.4) is 0 Å². The summed E-state index contributed by atoms with van der Waals surface area (Å²) < 4.78 is 3.54. The van der Waals surface area contributed by atoms with Gasteiger partial charge in [0.1, 0.15) is 18.0 Å². The summed E-state index contributed by atoms with van der Waals surface area (Å²) in [4.78, 5) is 8.68. The normalized spacial score (nSPS) is 11.0. The maximum absolute atomic E-state index is 6.27. The van der Waals surface area contributed by atoms with E-state index in [4.69, 9.17) is 11.6 Å². The molecule has 1 aromatic carbocycles. The zero-order valence-corrected chi connectivity index (χ0v) is 16.9. The number of nitrogens with zero attached hydrogens (tertiary/aromatic N) is 6. The van der Waals surface area contributed by atoms with E-state index in [1.807, 2.05) is 56.8 Å². The predicted molar refractivity (Wildman–Crippen MR) is 110 cm³/mol. The topological polar surface area (TPSA) is 73.5 Å². The lowest BCUT2D eigenvalue weighted by atomic mass is 10.1. The Balaban J connectivity index is 1.69. The van der Waals surface area contributed by atoms with Crippen molar-refractivity contribution in [3.63, 3.8) is 0 Å². The molecule has 0 amide bonds. The lowest BCUT2D eigenvalue weighted by Gasteiger charge is -2.09. The monoisotopic (exact) mass is 393 g/mol. The van der Waals surface area contributed by atoms with E-state index in [9.17, 15) is 0 Å². The molecule has 0 spiro atoms. The summed E-state index contributed by atoms with van der Waals surface area (Å²) >= 11 is 6.27. The number of hydrogen-bond acceptors (Lipinski definition) is 5. The third-order valence-corrected chi connectivity index (χ3v) is 5.20. The molecule has 0 atom stereocenters. The Kier molecular flexibility index (Phi) is 4.60. The summed E-state index contributed by atoms with van der Waals surface area (Å²) in [6.45, 7) is 5.83. The average molecular weight is 394 g/mol. The van der Waals surface area contributed by atoms with Gasteiger partial charge in [0.25, 0.3) is 0 Å². The van der Waals surface area contributed by atoms with Crippen molar-refractivity contribution in [1.29, 1.82) is 0 Å². The number of aryl methyl sites for hydroxylation is 2. The largest absolute Gasteiger partial charge is 0.325 e. The summed E-state index contributed by atoms with van der Waals surface area (Å²) in [5.41, 5.74) is 4.66. The van der Waals surface area contributed by atoms with Gasteiger partial charge in [-0.3, -0.25) is 4.68 Å². The van der Waals surface area contributed by atoms with E-state index >= 15 is 0 Å². The van der Waals surface area contributed by atoms with Crippen LogP contribution in [-0.2, 0) is 7.05 Å². The second-order valence-electron chi connectivity index (χ2n) is 6.59. The highest BCUT2D eigenvalue weighted by Gasteiger charge is 2.16. The van der Waals surface area contributed by atoms with E-state index in [0.717, 1.165) is 34.0 Å². The van der Waals surface area contributed by atoms with Crippen LogP contribution in [-0.4, -0.2) is 29.5 Å². The summed E-state index contributed by atoms with van der Waals surface area (Å²) in [7, 11) is 1.91. The molecule has 28 heavy (non-hydrogen) atoms. The van der Waals surface area contributed by atoms with Crippen LogP contribution in [0, 0.1) is 20.8 Å². The van der Waals surface area contributed by atoms with Crippen molar-refractivity contribution in [2.45, 2.75) is 20.8 Å². The molecule has 3 aromatic heterocycles. The summed E-state index contributed by atoms with van der Waals surface area (Å²) in [5, 5.41) is 13.1. The molecule has 0 aliphatic rings. The molecule has 0 aliphatic heterocycles. The molecule has 0 saturated heterocycles. The molecule has 4 rings (SSSR count). The van der Waals surface area contributed by atoms with Crippen molar-refractivity contribution in [2.75, 3.05) is 5.32 Å². The smallest absolute Gasteiger partial charge is 0.159 e. The number of aromatic nitrogens is 6. The second kappa shape index (κ2) is 7.09. The molecule has 0 unspecified atom stereocenters. The van der Waals surface area contributed by atoms with Crippen LogP contribution in [0.2, 0.25) is 5.02 Å². The fourth-order valence-corrected chi connectivity index (χ4v) is 3.29. The fraction of sp³-hybridized carbons (Fsp3) is 0.200. The molecule has 7 nitrogen and oxygen atoms in total. The minimum atomic E-state index is 0.642. The first-order chi connectivity index (χ1) is 13.5. The second-order valence-corrected chi connectivity index (χ2v) is 6.97. The van der Waals surface area contributed by atoms with E-state index in [-0.39, 0.29) is 0 Å². The third-order valence-electron chi connectivity index (χ3n) is 4.65. The Morgan fingerprint density at radius 1 is 1.00 bits per heavy atom. The number of nitrogens with one attached hydrogen (secondary N) is 1. The predicted octanol–water partition coefficient (Wildman–Crippen LogP) is 4.39. The minimum Gasteiger partial charge on any atom is -0.325 e. The fourth-order valence-electron chi connectivity index (χ4n) is 3.17. The van der Waals surface area contributed by atoms with Crippen LogP contribution in [0.4, 0.5) is 11.6 Å². The number of hydrogen-bond donors (Lipinski definition) is 1. The molecule has 8 heteroatoms. The Bertz CT molecular complexity index is 1150. The van der Waals surface area contributed by atoms with Crippen molar-refractivity contribution >= 4 is 23.2 Å². The maximum atomic E-state index is 6.27. The van der Waals surface area contributed by atoms with Gasteiger partial charge in [-0.1, -0.05) is 41.9 Å². The van der Waals surface area contributed by atoms with Crippen LogP contribution in [0.5, 0.6) is 0 Å². The SMILES string of the molecule is Cc1nn(-c2cc(Nc3c(C)c(-c4ccccc4)nn3C)ncn2)c(C)c1Cl. The maximum Gasteiger partial charge on any atom is 0.159 e. The molecule has 0 aliphatic carbocycles. The van der Waals surface area contributed by atoms with Crippen LogP contribution in [0.1, 0.15) is 17.0 Å². The van der Waals surface area contributed by atoms with Gasteiger partial charge in [-0.2, -0.15) is 10.2 Å². The summed E-state index contributed by atoms with van der Waals surface area (Å²) in [6.07, 6.45) is 1.51. The first-order valence-electron chi connectivity index (χ1n) is 8.86. The molecule has 0 bridgehead atoms. The Morgan fingerprint density at radius 2 is 1.75 bits per heavy atom. The standard InChI is InChI=1S/C20H20ClN7/c1-12-19(15-8-6-5-7-9-15)26-27(4)20(12)24-16-10-17(23-11-22-16)28-14(3)18(21)13(2)25-28/h5-11H,1-4H3,(H,22,23,24). The van der Waals surface area contributed by atoms with Crippen molar-refractivity contribution in [1.82, 2.24) is 29.5 Å². The molecule has 0 saturated carbocycles. The van der Waals surface area contributed by atoms with Gasteiger partial charge in [0.05, 0.1) is 22.1 Å². The van der Waals surface area contributed by atoms with Gasteiger partial charge in [0.2, 0.25) is 0 Å². The zero-order valence-electron chi connectivity index (χ0n) is 16.1. The highest BCUT2D eigenvalue weighted by molar-refractivity contribution is 6.31. The quantitative estimate of drug-likeness (QED) is 0.556. The number of anilines is 2. The Labute approximate surface area is 168 Å². The first kappa shape index (κ1) is 18.2. The summed E-state index contributed by atoms with van der Waals surface area (Å²) in [5.74, 6) is 2.17. The number of halogens is 1. The minimum absolute atomic E-state index is 0.642. The van der Waals surface area contributed by atoms with E-state index in [1.165, 1.54) is 6.33 Å². The number of rotatable bonds is 4. The van der Waals surface area contributed by atoms with Gasteiger partial charge in [0, 0.05) is 24.2 Å². The summed E-state index contributed by atoms with van der Waals surface area (Å²) in [6, 6.07) is 11.9. The van der Waals surface area contributed by atoms with E-state index in [1.54, 1.807) is 4.68 Å². The van der Waals surface area contributed by atoms with E-state index in [2.05, 4.69) is 37.6 Å². The van der Waals surface area contributed by atoms with Crippen molar-refractivity contribution < 1.29 is 0 Å². The average Bonchev–Trinajstić information content (AvgIpc) is 3.13. The lowest BCUT2D eigenvalue weighted by Crippen LogP contribution is -2.06. The highest BCUT2D eigenvalue weighted by Crippen LogP contribution is 2.29.